The molecule has 1 aliphatic rings. The Morgan fingerprint density at radius 2 is 2.21 bits per heavy atom. The lowest BCUT2D eigenvalue weighted by Crippen LogP contribution is -2.38. The molecule has 0 aliphatic carbocycles. The zero-order valence-corrected chi connectivity index (χ0v) is 9.84. The molecule has 1 saturated heterocycles. The van der Waals surface area contributed by atoms with E-state index < -0.39 is 0 Å². The lowest BCUT2D eigenvalue weighted by Gasteiger charge is -2.31. The van der Waals surface area contributed by atoms with Crippen LogP contribution in [0.4, 0.5) is 0 Å². The van der Waals surface area contributed by atoms with Gasteiger partial charge in [-0.25, -0.2) is 0 Å². The van der Waals surface area contributed by atoms with E-state index in [1.54, 1.807) is 0 Å². The number of nitrogens with zero attached hydrogens (tertiary/aromatic N) is 1. The Morgan fingerprint density at radius 3 is 2.71 bits per heavy atom. The summed E-state index contributed by atoms with van der Waals surface area (Å²) in [4.78, 5) is 2.43. The monoisotopic (exact) mass is 199 g/mol. The van der Waals surface area contributed by atoms with Gasteiger partial charge in [0.15, 0.2) is 0 Å². The van der Waals surface area contributed by atoms with Crippen LogP contribution in [0.25, 0.3) is 0 Å². The summed E-state index contributed by atoms with van der Waals surface area (Å²) < 4.78 is 0. The lowest BCUT2D eigenvalue weighted by molar-refractivity contribution is 0.207. The number of hydrogen-bond donors (Lipinski definition) is 2. The quantitative estimate of drug-likeness (QED) is 0.634. The molecule has 0 aromatic rings. The molecule has 0 bridgehead atoms. The summed E-state index contributed by atoms with van der Waals surface area (Å²) in [5.41, 5.74) is 5.87. The van der Waals surface area contributed by atoms with E-state index in [1.807, 2.05) is 0 Å². The fourth-order valence-corrected chi connectivity index (χ4v) is 2.23. The first-order valence-corrected chi connectivity index (χ1v) is 5.65. The molecule has 1 unspecified atom stereocenters. The van der Waals surface area contributed by atoms with Crippen LogP contribution in [0.3, 0.4) is 0 Å². The summed E-state index contributed by atoms with van der Waals surface area (Å²) in [5.74, 6) is 0.831. The first-order valence-electron chi connectivity index (χ1n) is 5.65. The third-order valence-electron chi connectivity index (χ3n) is 3.40. The molecule has 1 rings (SSSR count). The van der Waals surface area contributed by atoms with Crippen molar-refractivity contribution in [1.29, 1.82) is 0 Å². The van der Waals surface area contributed by atoms with E-state index in [0.717, 1.165) is 25.6 Å². The molecule has 0 aromatic carbocycles. The number of hydrogen-bond acceptors (Lipinski definition) is 3. The van der Waals surface area contributed by atoms with Gasteiger partial charge in [-0.05, 0) is 31.3 Å². The highest BCUT2D eigenvalue weighted by Gasteiger charge is 2.33. The Morgan fingerprint density at radius 1 is 1.50 bits per heavy atom. The second kappa shape index (κ2) is 5.10. The van der Waals surface area contributed by atoms with E-state index in [2.05, 4.69) is 31.1 Å². The fraction of sp³-hybridized carbons (Fsp3) is 1.00. The molecule has 3 N–H and O–H groups in total. The highest BCUT2D eigenvalue weighted by Crippen LogP contribution is 2.32. The van der Waals surface area contributed by atoms with E-state index in [1.165, 1.54) is 19.5 Å². The zero-order chi connectivity index (χ0) is 10.6. The molecule has 0 amide bonds. The van der Waals surface area contributed by atoms with Crippen LogP contribution >= 0.6 is 0 Å². The van der Waals surface area contributed by atoms with Crippen LogP contribution in [-0.4, -0.2) is 44.7 Å². The predicted molar refractivity (Wildman–Crippen MR) is 61.3 cm³/mol. The van der Waals surface area contributed by atoms with Crippen molar-refractivity contribution in [2.24, 2.45) is 17.1 Å². The highest BCUT2D eigenvalue weighted by molar-refractivity contribution is 4.86. The molecule has 3 nitrogen and oxygen atoms in total. The Balaban J connectivity index is 2.32. The maximum absolute atomic E-state index is 5.46. The number of nitrogens with one attached hydrogen (secondary N) is 1. The minimum absolute atomic E-state index is 0.403. The molecule has 1 heterocycles. The van der Waals surface area contributed by atoms with Gasteiger partial charge in [-0.3, -0.25) is 0 Å². The van der Waals surface area contributed by atoms with Gasteiger partial charge < -0.3 is 16.0 Å². The first-order chi connectivity index (χ1) is 6.56. The minimum Gasteiger partial charge on any atom is -0.329 e. The summed E-state index contributed by atoms with van der Waals surface area (Å²) in [6, 6.07) is 0. The molecule has 0 spiro atoms. The van der Waals surface area contributed by atoms with Crippen LogP contribution in [-0.2, 0) is 0 Å². The summed E-state index contributed by atoms with van der Waals surface area (Å²) in [6.45, 7) is 9.98. The Labute approximate surface area is 88.0 Å². The Hall–Kier alpha value is -0.120. The molecule has 0 radical (unpaired) electrons. The average molecular weight is 199 g/mol. The van der Waals surface area contributed by atoms with Gasteiger partial charge in [0.1, 0.15) is 0 Å². The van der Waals surface area contributed by atoms with Crippen LogP contribution < -0.4 is 11.1 Å². The van der Waals surface area contributed by atoms with Gasteiger partial charge >= 0.3 is 0 Å². The molecular formula is C11H25N3. The smallest absolute Gasteiger partial charge is 0.00747 e. The van der Waals surface area contributed by atoms with Crippen molar-refractivity contribution in [2.45, 2.75) is 20.3 Å². The van der Waals surface area contributed by atoms with Gasteiger partial charge in [0, 0.05) is 26.2 Å². The zero-order valence-electron chi connectivity index (χ0n) is 9.84. The van der Waals surface area contributed by atoms with E-state index in [-0.39, 0.29) is 0 Å². The third kappa shape index (κ3) is 3.23. The second-order valence-electron chi connectivity index (χ2n) is 5.20. The van der Waals surface area contributed by atoms with Crippen LogP contribution in [0.5, 0.6) is 0 Å². The molecule has 1 fully saturated rings. The van der Waals surface area contributed by atoms with Crippen molar-refractivity contribution in [2.75, 3.05) is 39.8 Å². The molecular weight excluding hydrogens is 174 g/mol. The second-order valence-corrected chi connectivity index (χ2v) is 5.20. The minimum atomic E-state index is 0.403. The largest absolute Gasteiger partial charge is 0.329 e. The summed E-state index contributed by atoms with van der Waals surface area (Å²) in [6.07, 6.45) is 1.34. The third-order valence-corrected chi connectivity index (χ3v) is 3.40. The van der Waals surface area contributed by atoms with Crippen molar-refractivity contribution in [3.8, 4) is 0 Å². The van der Waals surface area contributed by atoms with Gasteiger partial charge in [-0.15, -0.1) is 0 Å². The molecule has 0 saturated carbocycles. The maximum Gasteiger partial charge on any atom is 0.00747 e. The van der Waals surface area contributed by atoms with Crippen LogP contribution in [0.15, 0.2) is 0 Å². The molecule has 14 heavy (non-hydrogen) atoms. The molecule has 1 aliphatic heterocycles. The van der Waals surface area contributed by atoms with Crippen molar-refractivity contribution in [1.82, 2.24) is 10.2 Å². The van der Waals surface area contributed by atoms with Crippen molar-refractivity contribution in [3.63, 3.8) is 0 Å². The topological polar surface area (TPSA) is 41.3 Å². The van der Waals surface area contributed by atoms with Crippen molar-refractivity contribution >= 4 is 0 Å². The van der Waals surface area contributed by atoms with Crippen LogP contribution in [0, 0.1) is 11.3 Å². The van der Waals surface area contributed by atoms with E-state index in [4.69, 9.17) is 5.73 Å². The SMILES string of the molecule is CN1CCC(C(C)(C)CNCCN)C1. The van der Waals surface area contributed by atoms with Gasteiger partial charge in [-0.1, -0.05) is 13.8 Å². The maximum atomic E-state index is 5.46. The number of nitrogens with two attached hydrogens (primary N) is 1. The van der Waals surface area contributed by atoms with E-state index in [0.29, 0.717) is 5.41 Å². The van der Waals surface area contributed by atoms with Crippen molar-refractivity contribution in [3.05, 3.63) is 0 Å². The molecule has 3 heteroatoms. The standard InChI is InChI=1S/C11H25N3/c1-11(2,9-13-6-5-12)10-4-7-14(3)8-10/h10,13H,4-9,12H2,1-3H3. The van der Waals surface area contributed by atoms with Gasteiger partial charge in [0.25, 0.3) is 0 Å². The van der Waals surface area contributed by atoms with Crippen LogP contribution in [0.1, 0.15) is 20.3 Å². The normalized spacial score (nSPS) is 24.4. The lowest BCUT2D eigenvalue weighted by atomic mass is 9.78. The fourth-order valence-electron chi connectivity index (χ4n) is 2.23. The Bertz CT molecular complexity index is 168. The van der Waals surface area contributed by atoms with E-state index in [9.17, 15) is 0 Å². The van der Waals surface area contributed by atoms with E-state index >= 15 is 0 Å². The summed E-state index contributed by atoms with van der Waals surface area (Å²) in [5, 5.41) is 3.42. The molecule has 84 valence electrons. The molecule has 1 atom stereocenters. The van der Waals surface area contributed by atoms with Gasteiger partial charge in [0.05, 0.1) is 0 Å². The average Bonchev–Trinajstić information content (AvgIpc) is 2.53. The predicted octanol–water partition coefficient (Wildman–Crippen LogP) is 0.513. The number of rotatable bonds is 5. The first kappa shape index (κ1) is 12.0. The van der Waals surface area contributed by atoms with Crippen molar-refractivity contribution < 1.29 is 0 Å². The Kier molecular flexibility index (Phi) is 4.35. The highest BCUT2D eigenvalue weighted by atomic mass is 15.1. The van der Waals surface area contributed by atoms with Gasteiger partial charge in [-0.2, -0.15) is 0 Å². The molecule has 0 aromatic heterocycles. The van der Waals surface area contributed by atoms with Crippen LogP contribution in [0.2, 0.25) is 0 Å². The summed E-state index contributed by atoms with van der Waals surface area (Å²) in [7, 11) is 2.21. The summed E-state index contributed by atoms with van der Waals surface area (Å²) >= 11 is 0. The number of likely N-dealkylation sites (tertiary alicyclic amines) is 1. The van der Waals surface area contributed by atoms with Gasteiger partial charge in [0.2, 0.25) is 0 Å².